The second-order valence-electron chi connectivity index (χ2n) is 19.3. The van der Waals surface area contributed by atoms with Gasteiger partial charge in [-0.05, 0) is 67.1 Å². The summed E-state index contributed by atoms with van der Waals surface area (Å²) >= 11 is 0. The van der Waals surface area contributed by atoms with E-state index in [1.165, 1.54) is 24.2 Å². The van der Waals surface area contributed by atoms with Crippen molar-refractivity contribution in [2.75, 3.05) is 80.0 Å². The predicted octanol–water partition coefficient (Wildman–Crippen LogP) is 5.60. The number of carbonyl (C=O) groups is 4. The Kier molecular flexibility index (Phi) is 18.0. The summed E-state index contributed by atoms with van der Waals surface area (Å²) in [7, 11) is 3.09. The van der Waals surface area contributed by atoms with Gasteiger partial charge in [0.1, 0.15) is 25.1 Å². The molecule has 5 aliphatic rings. The minimum atomic E-state index is -0.891. The van der Waals surface area contributed by atoms with Crippen LogP contribution in [-0.2, 0) is 48.4 Å². The van der Waals surface area contributed by atoms with Gasteiger partial charge < -0.3 is 48.5 Å². The summed E-state index contributed by atoms with van der Waals surface area (Å²) in [6.45, 7) is 12.9. The van der Waals surface area contributed by atoms with Crippen LogP contribution in [0.4, 0.5) is 11.4 Å². The molecule has 21 heteroatoms. The number of hydrogen-bond donors (Lipinski definition) is 2. The van der Waals surface area contributed by atoms with Gasteiger partial charge in [0.05, 0.1) is 95.6 Å². The van der Waals surface area contributed by atoms with Gasteiger partial charge in [0.25, 0.3) is 17.7 Å². The number of hydrogen-bond acceptors (Lipinski definition) is 17. The Balaban J connectivity index is 0.773. The number of amides is 4. The Bertz CT molecular complexity index is 2930. The van der Waals surface area contributed by atoms with Crippen molar-refractivity contribution in [2.24, 2.45) is 9.98 Å². The minimum absolute atomic E-state index is 0.0587. The number of benzene rings is 3. The number of ether oxygens (including phenoxy) is 7. The van der Waals surface area contributed by atoms with Gasteiger partial charge in [-0.2, -0.15) is 0 Å². The van der Waals surface area contributed by atoms with Crippen LogP contribution in [0, 0.1) is 0 Å². The fourth-order valence-electron chi connectivity index (χ4n) is 9.74. The summed E-state index contributed by atoms with van der Waals surface area (Å²) < 4.78 is 43.2. The van der Waals surface area contributed by atoms with E-state index in [2.05, 4.69) is 28.8 Å². The van der Waals surface area contributed by atoms with Gasteiger partial charge in [-0.25, -0.2) is 4.68 Å². The summed E-state index contributed by atoms with van der Waals surface area (Å²) in [4.78, 5) is 63.4. The molecule has 1 unspecified atom stereocenters. The van der Waals surface area contributed by atoms with Gasteiger partial charge in [0.15, 0.2) is 23.0 Å². The quantitative estimate of drug-likeness (QED) is 0.0421. The zero-order valence-electron chi connectivity index (χ0n) is 43.5. The van der Waals surface area contributed by atoms with Gasteiger partial charge in [-0.3, -0.25) is 39.0 Å². The first-order valence-corrected chi connectivity index (χ1v) is 25.9. The maximum absolute atomic E-state index is 13.6. The van der Waals surface area contributed by atoms with E-state index in [0.717, 1.165) is 40.7 Å². The Labute approximate surface area is 446 Å². The lowest BCUT2D eigenvalue weighted by molar-refractivity contribution is -0.137. The highest BCUT2D eigenvalue weighted by atomic mass is 16.5. The fraction of sp³-hybridized carbons (Fsp3) is 0.429. The number of carbonyl (C=O) groups excluding carboxylic acids is 4. The lowest BCUT2D eigenvalue weighted by Gasteiger charge is -2.26. The molecule has 3 aromatic carbocycles. The van der Waals surface area contributed by atoms with Crippen LogP contribution in [0.1, 0.15) is 71.8 Å². The largest absolute Gasteiger partial charge is 0.493 e. The van der Waals surface area contributed by atoms with Crippen LogP contribution in [0.3, 0.4) is 0 Å². The molecule has 5 aliphatic heterocycles. The van der Waals surface area contributed by atoms with E-state index in [-0.39, 0.29) is 48.9 Å². The number of aliphatic imine (C=N–C) groups is 2. The molecule has 2 fully saturated rings. The van der Waals surface area contributed by atoms with Crippen LogP contribution in [0.25, 0.3) is 11.3 Å². The van der Waals surface area contributed by atoms with Crippen molar-refractivity contribution in [3.63, 3.8) is 0 Å². The molecule has 21 nitrogen and oxygen atoms in total. The highest BCUT2D eigenvalue weighted by Gasteiger charge is 2.36. The molecule has 4 amide bonds. The molecular weight excluding hydrogens is 991 g/mol. The third-order valence-electron chi connectivity index (χ3n) is 13.7. The number of aliphatic hydroxyl groups is 1. The summed E-state index contributed by atoms with van der Waals surface area (Å²) in [5, 5.41) is 23.1. The zero-order chi connectivity index (χ0) is 53.8. The Morgan fingerprint density at radius 2 is 1.35 bits per heavy atom. The lowest BCUT2D eigenvalue weighted by Crippen LogP contribution is -2.35. The first-order valence-electron chi connectivity index (χ1n) is 25.9. The first kappa shape index (κ1) is 54.2. The fourth-order valence-corrected chi connectivity index (χ4v) is 9.74. The minimum Gasteiger partial charge on any atom is -0.493 e. The predicted molar refractivity (Wildman–Crippen MR) is 284 cm³/mol. The monoisotopic (exact) mass is 1060 g/mol. The molecule has 4 aromatic rings. The van der Waals surface area contributed by atoms with Crippen molar-refractivity contribution in [1.29, 1.82) is 0 Å². The number of methoxy groups -OCH3 is 2. The molecule has 6 heterocycles. The van der Waals surface area contributed by atoms with Crippen LogP contribution >= 0.6 is 0 Å². The van der Waals surface area contributed by atoms with Crippen molar-refractivity contribution in [3.05, 3.63) is 107 Å². The third kappa shape index (κ3) is 13.5. The third-order valence-corrected chi connectivity index (χ3v) is 13.7. The summed E-state index contributed by atoms with van der Waals surface area (Å²) in [5.41, 5.74) is 7.13. The second-order valence-corrected chi connectivity index (χ2v) is 19.3. The van der Waals surface area contributed by atoms with Gasteiger partial charge in [0.2, 0.25) is 5.91 Å². The van der Waals surface area contributed by atoms with Crippen molar-refractivity contribution in [1.82, 2.24) is 35.0 Å². The Hall–Kier alpha value is -7.56. The smallest absolute Gasteiger partial charge is 0.257 e. The molecule has 0 radical (unpaired) electrons. The topological polar surface area (TPSA) is 230 Å². The molecule has 77 heavy (non-hydrogen) atoms. The van der Waals surface area contributed by atoms with E-state index in [9.17, 15) is 24.3 Å². The van der Waals surface area contributed by atoms with Gasteiger partial charge in [-0.15, -0.1) is 5.10 Å². The van der Waals surface area contributed by atoms with Crippen molar-refractivity contribution in [2.45, 2.75) is 76.6 Å². The molecule has 2 saturated heterocycles. The van der Waals surface area contributed by atoms with Crippen LogP contribution in [-0.4, -0.2) is 163 Å². The number of aliphatic hydroxyl groups excluding tert-OH is 1. The number of rotatable bonds is 27. The lowest BCUT2D eigenvalue weighted by atomic mass is 10.0. The van der Waals surface area contributed by atoms with Crippen molar-refractivity contribution >= 4 is 47.4 Å². The number of imide groups is 1. The van der Waals surface area contributed by atoms with Crippen LogP contribution in [0.5, 0.6) is 23.0 Å². The highest BCUT2D eigenvalue weighted by molar-refractivity contribution is 6.12. The molecule has 2 N–H and O–H groups in total. The van der Waals surface area contributed by atoms with Crippen LogP contribution in [0.15, 0.2) is 95.1 Å². The van der Waals surface area contributed by atoms with Crippen LogP contribution in [0.2, 0.25) is 0 Å². The molecule has 0 spiro atoms. The molecular formula is C56H65N9O12. The molecule has 0 aliphatic carbocycles. The van der Waals surface area contributed by atoms with E-state index in [1.807, 2.05) is 35.5 Å². The van der Waals surface area contributed by atoms with Gasteiger partial charge in [-0.1, -0.05) is 35.9 Å². The maximum atomic E-state index is 13.6. The maximum Gasteiger partial charge on any atom is 0.257 e. The first-order chi connectivity index (χ1) is 37.4. The summed E-state index contributed by atoms with van der Waals surface area (Å²) in [5.74, 6) is 0.942. The van der Waals surface area contributed by atoms with E-state index in [1.54, 1.807) is 47.2 Å². The standard InChI is InChI=1S/C56H65N9O12/c1-36-20-41-29-58-45-27-50(48(71-3)25-43(45)55(69)64(41)31-36)76-34-38-22-39(35-77-51-28-46-44(26-49(51)72-4)56(70)65-32-37(2)21-42(65)30-59-46)24-40(23-38)47-33-62(61-60-47)13-15-74-17-19-75-18-16-73-14-11-57-52(66)8-6-5-7-12-63-53(67)9-10-54(63)68/h9-10,22-30,33,41-42,55,69H,1-2,5-8,11-21,31-32,34-35H2,3-4H3,(H,57,66)/t41-,42-,55?/m0/s1. The van der Waals surface area contributed by atoms with E-state index >= 15 is 0 Å². The SMILES string of the molecule is C=C1C[C@H]2C=Nc3cc(OCc4cc(COc5cc6c(cc5OC)C(O)N5CC(=C)C[C@H]5C=N6)cc(-c5cn(CCOCCOCCOCCNC(=O)CCCCCN6C(=O)C=CC6=O)nn5)c4)c(OC)cc3C(=O)N2C1. The molecule has 9 rings (SSSR count). The molecule has 0 bridgehead atoms. The molecule has 406 valence electrons. The average molecular weight is 1060 g/mol. The Morgan fingerprint density at radius 3 is 2.08 bits per heavy atom. The molecule has 0 saturated carbocycles. The number of fused-ring (bicyclic) bond motifs is 4. The number of nitrogens with zero attached hydrogens (tertiary/aromatic N) is 8. The van der Waals surface area contributed by atoms with E-state index in [0.29, 0.717) is 149 Å². The molecule has 1 aromatic heterocycles. The van der Waals surface area contributed by atoms with Gasteiger partial charge >= 0.3 is 0 Å². The van der Waals surface area contributed by atoms with Crippen molar-refractivity contribution in [3.8, 4) is 34.3 Å². The normalized spacial score (nSPS) is 18.6. The van der Waals surface area contributed by atoms with Crippen molar-refractivity contribution < 1.29 is 57.4 Å². The number of aromatic nitrogens is 3. The van der Waals surface area contributed by atoms with E-state index < -0.39 is 6.23 Å². The second kappa shape index (κ2) is 25.5. The summed E-state index contributed by atoms with van der Waals surface area (Å²) in [6, 6.07) is 12.7. The molecule has 3 atom stereocenters. The van der Waals surface area contributed by atoms with Gasteiger partial charge in [0, 0.05) is 80.4 Å². The number of nitrogens with one attached hydrogen (secondary N) is 1. The Morgan fingerprint density at radius 1 is 0.714 bits per heavy atom. The van der Waals surface area contributed by atoms with E-state index in [4.69, 9.17) is 43.1 Å². The van der Waals surface area contributed by atoms with Crippen LogP contribution < -0.4 is 24.3 Å². The number of unbranched alkanes of at least 4 members (excludes halogenated alkanes) is 2. The summed E-state index contributed by atoms with van der Waals surface area (Å²) in [6.07, 6.45) is 11.0. The zero-order valence-corrected chi connectivity index (χ0v) is 43.5. The highest BCUT2D eigenvalue weighted by Crippen LogP contribution is 2.43. The average Bonchev–Trinajstić information content (AvgIpc) is 4.22.